The first kappa shape index (κ1) is 46.8. The third-order valence-corrected chi connectivity index (χ3v) is 13.8. The molecule has 65 heavy (non-hydrogen) atoms. The second-order valence-electron chi connectivity index (χ2n) is 17.9. The maximum absolute atomic E-state index is 15.4. The van der Waals surface area contributed by atoms with Crippen LogP contribution in [-0.2, 0) is 52.4 Å². The van der Waals surface area contributed by atoms with Crippen LogP contribution in [0.25, 0.3) is 0 Å². The third-order valence-electron chi connectivity index (χ3n) is 13.8. The van der Waals surface area contributed by atoms with Crippen LogP contribution in [0.3, 0.4) is 0 Å². The number of hydrogen-bond donors (Lipinski definition) is 3. The van der Waals surface area contributed by atoms with E-state index >= 15 is 4.79 Å². The van der Waals surface area contributed by atoms with E-state index in [4.69, 9.17) is 28.4 Å². The fraction of sp³-hybridized carbons (Fsp3) is 0.449. The highest BCUT2D eigenvalue weighted by Gasteiger charge is 2.78. The van der Waals surface area contributed by atoms with Gasteiger partial charge in [-0.05, 0) is 54.8 Å². The number of amides is 1. The SMILES string of the molecule is CC(=O)OC(C(=O)OC1CC2(O)C(OC(=O)c3ccccc3)C3C4(OC(C)=O)COC4CC(OC(C)=O)C3(C)C(=O)C(O)C(=C1C)C2(C)C)C(NC(=O)c1ccccc1)c1ccccc1. The number of benzene rings is 3. The Kier molecular flexibility index (Phi) is 12.7. The maximum atomic E-state index is 15.4. The smallest absolute Gasteiger partial charge is 0.350 e. The van der Waals surface area contributed by atoms with Crippen LogP contribution in [0.2, 0.25) is 0 Å². The van der Waals surface area contributed by atoms with Crippen molar-refractivity contribution in [2.24, 2.45) is 16.7 Å². The first-order valence-electron chi connectivity index (χ1n) is 21.4. The summed E-state index contributed by atoms with van der Waals surface area (Å²) in [5.41, 5.74) is -7.25. The van der Waals surface area contributed by atoms with Crippen molar-refractivity contribution in [3.63, 3.8) is 0 Å². The third kappa shape index (κ3) is 8.12. The van der Waals surface area contributed by atoms with E-state index in [-0.39, 0.29) is 35.3 Å². The lowest BCUT2D eigenvalue weighted by Crippen LogP contribution is -2.82. The van der Waals surface area contributed by atoms with Gasteiger partial charge in [0.25, 0.3) is 5.91 Å². The van der Waals surface area contributed by atoms with Crippen LogP contribution in [-0.4, -0.2) is 106 Å². The first-order valence-corrected chi connectivity index (χ1v) is 21.4. The minimum atomic E-state index is -2.42. The minimum absolute atomic E-state index is 0.0544. The molecule has 3 aromatic rings. The Bertz CT molecular complexity index is 2400. The van der Waals surface area contributed by atoms with Gasteiger partial charge in [0.15, 0.2) is 11.4 Å². The monoisotopic (exact) mass is 895 g/mol. The first-order chi connectivity index (χ1) is 30.7. The predicted octanol–water partition coefficient (Wildman–Crippen LogP) is 4.31. The van der Waals surface area contributed by atoms with Crippen LogP contribution in [0.5, 0.6) is 0 Å². The number of aliphatic hydroxyl groups excluding tert-OH is 1. The molecule has 1 aliphatic heterocycles. The lowest BCUT2D eigenvalue weighted by atomic mass is 9.44. The lowest BCUT2D eigenvalue weighted by molar-refractivity contribution is -0.346. The van der Waals surface area contributed by atoms with E-state index < -0.39 is 119 Å². The number of aliphatic hydroxyl groups is 2. The quantitative estimate of drug-likeness (QED) is 0.139. The average Bonchev–Trinajstić information content (AvgIpc) is 3.26. The summed E-state index contributed by atoms with van der Waals surface area (Å²) in [4.78, 5) is 96.8. The number of carbonyl (C=O) groups is 7. The molecule has 7 rings (SSSR count). The van der Waals surface area contributed by atoms with Gasteiger partial charge in [-0.2, -0.15) is 0 Å². The van der Waals surface area contributed by atoms with Crippen LogP contribution in [0.4, 0.5) is 0 Å². The normalized spacial score (nSPS) is 30.8. The van der Waals surface area contributed by atoms with Crippen molar-refractivity contribution in [3.8, 4) is 0 Å². The Balaban J connectivity index is 1.40. The molecule has 1 saturated heterocycles. The Hall–Kier alpha value is -6.23. The highest BCUT2D eigenvalue weighted by molar-refractivity contribution is 5.96. The average molecular weight is 896 g/mol. The van der Waals surface area contributed by atoms with Crippen molar-refractivity contribution in [1.29, 1.82) is 0 Å². The summed E-state index contributed by atoms with van der Waals surface area (Å²) in [6.45, 7) is 9.03. The minimum Gasteiger partial charge on any atom is -0.461 e. The van der Waals surface area contributed by atoms with Crippen LogP contribution < -0.4 is 5.32 Å². The number of ether oxygens (including phenoxy) is 6. The van der Waals surface area contributed by atoms with Crippen LogP contribution >= 0.6 is 0 Å². The summed E-state index contributed by atoms with van der Waals surface area (Å²) >= 11 is 0. The second kappa shape index (κ2) is 17.6. The molecular weight excluding hydrogens is 843 g/mol. The molecule has 11 atom stereocenters. The van der Waals surface area contributed by atoms with E-state index in [2.05, 4.69) is 5.32 Å². The fourth-order valence-corrected chi connectivity index (χ4v) is 10.6. The van der Waals surface area contributed by atoms with Gasteiger partial charge in [-0.25, -0.2) is 9.59 Å². The fourth-order valence-electron chi connectivity index (χ4n) is 10.6. The molecule has 11 unspecified atom stereocenters. The summed E-state index contributed by atoms with van der Waals surface area (Å²) < 4.78 is 36.2. The summed E-state index contributed by atoms with van der Waals surface area (Å²) in [5, 5.41) is 29.1. The number of Topliss-reactive ketones (excluding diaryl/α,β-unsaturated/α-hetero) is 1. The van der Waals surface area contributed by atoms with Crippen LogP contribution in [0, 0.1) is 16.7 Å². The molecule has 3 N–H and O–H groups in total. The zero-order valence-corrected chi connectivity index (χ0v) is 37.1. The van der Waals surface area contributed by atoms with Gasteiger partial charge in [-0.3, -0.25) is 24.0 Å². The van der Waals surface area contributed by atoms with E-state index in [1.807, 2.05) is 0 Å². The van der Waals surface area contributed by atoms with Gasteiger partial charge in [0, 0.05) is 44.6 Å². The lowest BCUT2D eigenvalue weighted by Gasteiger charge is -2.67. The molecule has 1 heterocycles. The Morgan fingerprint density at radius 1 is 0.785 bits per heavy atom. The predicted molar refractivity (Wildman–Crippen MR) is 227 cm³/mol. The van der Waals surface area contributed by atoms with E-state index in [0.29, 0.717) is 5.56 Å². The molecule has 0 aromatic heterocycles. The number of carbonyl (C=O) groups excluding carboxylic acids is 7. The number of nitrogens with one attached hydrogen (secondary N) is 1. The molecule has 16 heteroatoms. The Morgan fingerprint density at radius 2 is 1.37 bits per heavy atom. The summed E-state index contributed by atoms with van der Waals surface area (Å²) in [7, 11) is 0. The molecule has 0 radical (unpaired) electrons. The molecule has 16 nitrogen and oxygen atoms in total. The van der Waals surface area contributed by atoms with Gasteiger partial charge in [-0.15, -0.1) is 0 Å². The van der Waals surface area contributed by atoms with Crippen LogP contribution in [0.15, 0.2) is 102 Å². The van der Waals surface area contributed by atoms with E-state index in [1.165, 1.54) is 39.8 Å². The van der Waals surface area contributed by atoms with E-state index in [1.54, 1.807) is 78.9 Å². The van der Waals surface area contributed by atoms with Gasteiger partial charge in [0.1, 0.15) is 42.2 Å². The molecular formula is C49H53NO15. The van der Waals surface area contributed by atoms with Gasteiger partial charge in [0.05, 0.1) is 23.5 Å². The molecule has 344 valence electrons. The van der Waals surface area contributed by atoms with Crippen molar-refractivity contribution in [1.82, 2.24) is 5.32 Å². The van der Waals surface area contributed by atoms with Gasteiger partial charge >= 0.3 is 29.8 Å². The molecule has 1 amide bonds. The zero-order valence-electron chi connectivity index (χ0n) is 37.1. The van der Waals surface area contributed by atoms with Crippen molar-refractivity contribution >= 4 is 41.5 Å². The molecule has 2 saturated carbocycles. The van der Waals surface area contributed by atoms with Crippen molar-refractivity contribution in [2.45, 2.75) is 115 Å². The number of hydrogen-bond acceptors (Lipinski definition) is 15. The zero-order chi connectivity index (χ0) is 47.2. The highest BCUT2D eigenvalue weighted by atomic mass is 16.6. The number of esters is 5. The molecule has 2 bridgehead atoms. The summed E-state index contributed by atoms with van der Waals surface area (Å²) in [5.74, 6) is -7.70. The largest absolute Gasteiger partial charge is 0.461 e. The summed E-state index contributed by atoms with van der Waals surface area (Å²) in [6.07, 6.45) is -10.4. The Labute approximate surface area is 375 Å². The molecule has 4 aliphatic rings. The van der Waals surface area contributed by atoms with E-state index in [9.17, 15) is 39.0 Å². The van der Waals surface area contributed by atoms with Crippen LogP contribution in [0.1, 0.15) is 93.6 Å². The van der Waals surface area contributed by atoms with Gasteiger partial charge < -0.3 is 44.0 Å². The van der Waals surface area contributed by atoms with Gasteiger partial charge in [0.2, 0.25) is 6.10 Å². The summed E-state index contributed by atoms with van der Waals surface area (Å²) in [6, 6.07) is 22.9. The molecule has 3 fully saturated rings. The van der Waals surface area contributed by atoms with Crippen molar-refractivity contribution < 1.29 is 72.2 Å². The highest BCUT2D eigenvalue weighted by Crippen LogP contribution is 2.64. The van der Waals surface area contributed by atoms with Crippen molar-refractivity contribution in [3.05, 3.63) is 119 Å². The second-order valence-corrected chi connectivity index (χ2v) is 17.9. The number of ketones is 1. The molecule has 3 aliphatic carbocycles. The number of fused-ring (bicyclic) bond motifs is 5. The molecule has 3 aromatic carbocycles. The van der Waals surface area contributed by atoms with Gasteiger partial charge in [-0.1, -0.05) is 80.6 Å². The molecule has 0 spiro atoms. The maximum Gasteiger partial charge on any atom is 0.350 e. The number of rotatable bonds is 11. The standard InChI is InChI=1S/C49H53NO15/c1-26-33(63-45(58)39(62-28(3)52)37(30-17-11-8-12-18-30)50-43(56)31-19-13-9-14-20-31)24-49(59)42(64-44(57)32-21-15-10-16-22-32)40-47(7,41(55)38(54)36(26)46(49,5)6)34(61-27(2)51)23-35-48(40,25-60-35)65-29(4)53/h8-22,33-35,37-40,42,54,59H,23-25H2,1-7H3,(H,50,56). The Morgan fingerprint density at radius 3 is 1.91 bits per heavy atom. The van der Waals surface area contributed by atoms with E-state index in [0.717, 1.165) is 20.8 Å². The van der Waals surface area contributed by atoms with Crippen molar-refractivity contribution in [2.75, 3.05) is 6.61 Å². The topological polar surface area (TPSA) is 227 Å².